The van der Waals surface area contributed by atoms with E-state index in [0.29, 0.717) is 38.5 Å². The molecular weight excluding hydrogens is 490 g/mol. The van der Waals surface area contributed by atoms with Gasteiger partial charge in [0.15, 0.2) is 4.80 Å². The number of carbonyl (C=O) groups is 2. The highest BCUT2D eigenvalue weighted by molar-refractivity contribution is 7.07. The zero-order chi connectivity index (χ0) is 26.3. The van der Waals surface area contributed by atoms with E-state index in [2.05, 4.69) is 11.9 Å². The maximum atomic E-state index is 14.1. The number of aromatic nitrogens is 1. The quantitative estimate of drug-likeness (QED) is 0.469. The number of unbranched alkanes of at least 4 members (excludes halogenated alkanes) is 1. The lowest BCUT2D eigenvalue weighted by Crippen LogP contribution is -2.40. The van der Waals surface area contributed by atoms with Crippen molar-refractivity contribution in [1.29, 1.82) is 0 Å². The molecule has 1 aromatic heterocycles. The SMILES string of the molecule is CCCCN1C(=O)/C(=c2\sc3n(c2=O)[C@@H](c2ccc(OC)cc2)C(C(=O)OC)=C(C)N=3)c2ccccc21. The van der Waals surface area contributed by atoms with Crippen LogP contribution in [0.5, 0.6) is 5.75 Å². The molecule has 3 aromatic rings. The standard InChI is InChI=1S/C28H27N3O5S/c1-5-6-15-30-20-10-8-7-9-19(20)22(25(30)32)24-26(33)31-23(17-11-13-18(35-3)14-12-17)21(27(34)36-4)16(2)29-28(31)37-24/h7-14,23H,5-6,15H2,1-4H3/b24-22-/t23-/m0/s1. The second-order valence-corrected chi connectivity index (χ2v) is 9.85. The fourth-order valence-electron chi connectivity index (χ4n) is 4.88. The summed E-state index contributed by atoms with van der Waals surface area (Å²) in [7, 11) is 2.88. The van der Waals surface area contributed by atoms with Gasteiger partial charge in [-0.05, 0) is 37.1 Å². The Morgan fingerprint density at radius 2 is 1.81 bits per heavy atom. The number of para-hydroxylation sites is 1. The molecule has 0 radical (unpaired) electrons. The van der Waals surface area contributed by atoms with Crippen LogP contribution in [0.1, 0.15) is 43.9 Å². The summed E-state index contributed by atoms with van der Waals surface area (Å²) in [5.41, 5.74) is 3.00. The summed E-state index contributed by atoms with van der Waals surface area (Å²) in [6.07, 6.45) is 1.80. The van der Waals surface area contributed by atoms with Crippen LogP contribution in [0.4, 0.5) is 5.69 Å². The van der Waals surface area contributed by atoms with Crippen LogP contribution in [0.25, 0.3) is 5.57 Å². The van der Waals surface area contributed by atoms with Gasteiger partial charge in [-0.2, -0.15) is 0 Å². The van der Waals surface area contributed by atoms with Gasteiger partial charge in [0.2, 0.25) is 0 Å². The second kappa shape index (κ2) is 9.82. The number of thiazole rings is 1. The van der Waals surface area contributed by atoms with E-state index in [-0.39, 0.29) is 17.0 Å². The van der Waals surface area contributed by atoms with Crippen molar-refractivity contribution in [1.82, 2.24) is 4.57 Å². The van der Waals surface area contributed by atoms with E-state index in [4.69, 9.17) is 9.47 Å². The molecule has 5 rings (SSSR count). The molecule has 0 fully saturated rings. The molecule has 0 saturated heterocycles. The molecule has 2 aliphatic rings. The topological polar surface area (TPSA) is 90.2 Å². The van der Waals surface area contributed by atoms with Gasteiger partial charge < -0.3 is 14.4 Å². The molecule has 2 aliphatic heterocycles. The highest BCUT2D eigenvalue weighted by Crippen LogP contribution is 2.36. The van der Waals surface area contributed by atoms with Crippen LogP contribution in [0.15, 0.2) is 69.6 Å². The number of rotatable bonds is 6. The smallest absolute Gasteiger partial charge is 0.338 e. The first-order valence-electron chi connectivity index (χ1n) is 12.1. The molecule has 190 valence electrons. The van der Waals surface area contributed by atoms with Crippen molar-refractivity contribution in [2.45, 2.75) is 32.7 Å². The number of allylic oxidation sites excluding steroid dienone is 1. The monoisotopic (exact) mass is 517 g/mol. The molecule has 9 heteroatoms. The Bertz CT molecular complexity index is 1610. The summed E-state index contributed by atoms with van der Waals surface area (Å²) in [5.74, 6) is -0.100. The minimum atomic E-state index is -0.758. The Kier molecular flexibility index (Phi) is 6.55. The number of amides is 1. The number of hydrogen-bond donors (Lipinski definition) is 0. The third kappa shape index (κ3) is 3.99. The average Bonchev–Trinajstić information content (AvgIpc) is 3.38. The molecule has 8 nitrogen and oxygen atoms in total. The highest BCUT2D eigenvalue weighted by atomic mass is 32.1. The number of esters is 1. The molecule has 0 N–H and O–H groups in total. The molecular formula is C28H27N3O5S. The maximum absolute atomic E-state index is 14.1. The second-order valence-electron chi connectivity index (χ2n) is 8.87. The summed E-state index contributed by atoms with van der Waals surface area (Å²) in [5, 5.41) is 0. The molecule has 2 aromatic carbocycles. The zero-order valence-electron chi connectivity index (χ0n) is 21.1. The Morgan fingerprint density at radius 3 is 2.49 bits per heavy atom. The lowest BCUT2D eigenvalue weighted by molar-refractivity contribution is -0.136. The molecule has 0 saturated carbocycles. The number of benzene rings is 2. The molecule has 37 heavy (non-hydrogen) atoms. The third-order valence-corrected chi connectivity index (χ3v) is 7.77. The fraction of sp³-hybridized carbons (Fsp3) is 0.286. The van der Waals surface area contributed by atoms with Crippen LogP contribution in [0.2, 0.25) is 0 Å². The Labute approximate surface area is 217 Å². The molecule has 1 amide bonds. The minimum absolute atomic E-state index is 0.190. The van der Waals surface area contributed by atoms with Crippen LogP contribution in [0, 0.1) is 0 Å². The van der Waals surface area contributed by atoms with Gasteiger partial charge >= 0.3 is 5.97 Å². The first-order valence-corrected chi connectivity index (χ1v) is 12.9. The predicted molar refractivity (Wildman–Crippen MR) is 141 cm³/mol. The number of nitrogens with zero attached hydrogens (tertiary/aromatic N) is 3. The summed E-state index contributed by atoms with van der Waals surface area (Å²) >= 11 is 1.17. The molecule has 0 aliphatic carbocycles. The van der Waals surface area contributed by atoms with Gasteiger partial charge in [-0.15, -0.1) is 0 Å². The number of methoxy groups -OCH3 is 2. The van der Waals surface area contributed by atoms with E-state index in [1.54, 1.807) is 31.1 Å². The Morgan fingerprint density at radius 1 is 1.08 bits per heavy atom. The van der Waals surface area contributed by atoms with Gasteiger partial charge in [0, 0.05) is 12.1 Å². The summed E-state index contributed by atoms with van der Waals surface area (Å²) in [6.45, 7) is 4.38. The van der Waals surface area contributed by atoms with Gasteiger partial charge in [-0.3, -0.25) is 14.2 Å². The van der Waals surface area contributed by atoms with E-state index in [1.807, 2.05) is 36.4 Å². The van der Waals surface area contributed by atoms with Crippen molar-refractivity contribution in [3.05, 3.63) is 90.6 Å². The Balaban J connectivity index is 1.78. The van der Waals surface area contributed by atoms with Crippen molar-refractivity contribution >= 4 is 34.5 Å². The Hall–Kier alpha value is -3.98. The number of carbonyl (C=O) groups excluding carboxylic acids is 2. The normalized spacial score (nSPS) is 17.9. The van der Waals surface area contributed by atoms with Crippen LogP contribution >= 0.6 is 11.3 Å². The fourth-order valence-corrected chi connectivity index (χ4v) is 6.02. The number of hydrogen-bond acceptors (Lipinski definition) is 7. The zero-order valence-corrected chi connectivity index (χ0v) is 21.9. The summed E-state index contributed by atoms with van der Waals surface area (Å²) < 4.78 is 12.2. The van der Waals surface area contributed by atoms with Crippen molar-refractivity contribution in [2.75, 3.05) is 25.7 Å². The van der Waals surface area contributed by atoms with E-state index in [0.717, 1.165) is 24.1 Å². The number of fused-ring (bicyclic) bond motifs is 2. The number of ether oxygens (including phenoxy) is 2. The third-order valence-electron chi connectivity index (χ3n) is 6.72. The first-order chi connectivity index (χ1) is 17.9. The van der Waals surface area contributed by atoms with Crippen LogP contribution in [-0.4, -0.2) is 37.2 Å². The van der Waals surface area contributed by atoms with Crippen molar-refractivity contribution in [3.63, 3.8) is 0 Å². The lowest BCUT2D eigenvalue weighted by Gasteiger charge is -2.24. The molecule has 0 spiro atoms. The van der Waals surface area contributed by atoms with E-state index >= 15 is 0 Å². The van der Waals surface area contributed by atoms with E-state index in [9.17, 15) is 14.4 Å². The summed E-state index contributed by atoms with van der Waals surface area (Å²) in [4.78, 5) is 47.4. The molecule has 1 atom stereocenters. The van der Waals surface area contributed by atoms with Crippen molar-refractivity contribution in [3.8, 4) is 5.75 Å². The van der Waals surface area contributed by atoms with Gasteiger partial charge in [-0.1, -0.05) is 55.0 Å². The minimum Gasteiger partial charge on any atom is -0.497 e. The number of anilines is 1. The predicted octanol–water partition coefficient (Wildman–Crippen LogP) is 2.93. The highest BCUT2D eigenvalue weighted by Gasteiger charge is 2.37. The van der Waals surface area contributed by atoms with Crippen LogP contribution in [-0.2, 0) is 14.3 Å². The maximum Gasteiger partial charge on any atom is 0.338 e. The van der Waals surface area contributed by atoms with E-state index in [1.165, 1.54) is 23.0 Å². The van der Waals surface area contributed by atoms with E-state index < -0.39 is 12.0 Å². The molecule has 3 heterocycles. The van der Waals surface area contributed by atoms with Crippen molar-refractivity contribution in [2.24, 2.45) is 4.99 Å². The van der Waals surface area contributed by atoms with Crippen LogP contribution < -0.4 is 24.5 Å². The van der Waals surface area contributed by atoms with Gasteiger partial charge in [0.1, 0.15) is 10.3 Å². The van der Waals surface area contributed by atoms with Gasteiger partial charge in [-0.25, -0.2) is 9.79 Å². The first kappa shape index (κ1) is 24.7. The summed E-state index contributed by atoms with van der Waals surface area (Å²) in [6, 6.07) is 14.0. The molecule has 0 unspecified atom stereocenters. The molecule has 0 bridgehead atoms. The van der Waals surface area contributed by atoms with Gasteiger partial charge in [0.25, 0.3) is 11.5 Å². The van der Waals surface area contributed by atoms with Gasteiger partial charge in [0.05, 0.1) is 42.8 Å². The van der Waals surface area contributed by atoms with Crippen molar-refractivity contribution < 1.29 is 19.1 Å². The lowest BCUT2D eigenvalue weighted by atomic mass is 9.96. The largest absolute Gasteiger partial charge is 0.497 e. The average molecular weight is 518 g/mol. The van der Waals surface area contributed by atoms with Crippen LogP contribution in [0.3, 0.4) is 0 Å².